The van der Waals surface area contributed by atoms with E-state index in [-0.39, 0.29) is 28.4 Å². The molecule has 0 unspecified atom stereocenters. The van der Waals surface area contributed by atoms with Crippen LogP contribution in [0.25, 0.3) is 22.3 Å². The first-order chi connectivity index (χ1) is 31.4. The van der Waals surface area contributed by atoms with Gasteiger partial charge < -0.3 is 9.80 Å². The molecule has 3 heteroatoms. The molecule has 0 N–H and O–H groups in total. The molecule has 0 bridgehead atoms. The van der Waals surface area contributed by atoms with Gasteiger partial charge in [-0.25, -0.2) is 0 Å². The number of nitrogens with zero attached hydrogens (tertiary/aromatic N) is 2. The number of fused-ring (bicyclic) bond motifs is 6. The lowest BCUT2D eigenvalue weighted by Crippen LogP contribution is -2.62. The Bertz CT molecular complexity index is 3180. The van der Waals surface area contributed by atoms with E-state index in [1.807, 2.05) is 0 Å². The predicted molar refractivity (Wildman–Crippen MR) is 283 cm³/mol. The van der Waals surface area contributed by atoms with E-state index in [0.717, 1.165) is 6.42 Å². The molecule has 3 aliphatic carbocycles. The summed E-state index contributed by atoms with van der Waals surface area (Å²) in [6.45, 7) is 26.9. The molecule has 1 fully saturated rings. The van der Waals surface area contributed by atoms with Crippen molar-refractivity contribution in [3.63, 3.8) is 0 Å². The largest absolute Gasteiger partial charge is 0.311 e. The summed E-state index contributed by atoms with van der Waals surface area (Å²) in [5, 5.41) is 0. The maximum Gasteiger partial charge on any atom is 0.252 e. The molecule has 7 aromatic carbocycles. The molecule has 0 spiro atoms. The van der Waals surface area contributed by atoms with Gasteiger partial charge in [0.25, 0.3) is 6.71 Å². The van der Waals surface area contributed by atoms with E-state index in [0.29, 0.717) is 5.92 Å². The van der Waals surface area contributed by atoms with Gasteiger partial charge in [0, 0.05) is 34.0 Å². The van der Waals surface area contributed by atoms with Crippen molar-refractivity contribution >= 4 is 57.2 Å². The number of rotatable bonds is 5. The van der Waals surface area contributed by atoms with E-state index in [9.17, 15) is 0 Å². The average molecular weight is 861 g/mol. The van der Waals surface area contributed by atoms with Crippen molar-refractivity contribution in [3.8, 4) is 22.3 Å². The molecule has 2 heterocycles. The van der Waals surface area contributed by atoms with Crippen LogP contribution in [0.5, 0.6) is 0 Å². The quantitative estimate of drug-likeness (QED) is 0.159. The summed E-state index contributed by atoms with van der Waals surface area (Å²) in [6.07, 6.45) is 6.03. The standard InChI is InChI=1S/C63H65BN2/c1-38-30-56-59-57(31-38)66(53-23-17-18-39(2)58(53)45-22-16-15-21-44(45)42-24-25-42)55-35-48-46(60(4,5)28-29-61(48,6)7)33-50(55)64(59)51-34-47-49(63(10,11)37-62(47,8)9)36-54(51)65(56)52-27-26-43(32-40(52)3)41-19-13-12-14-20-41/h12-23,26-27,30-36,42H,24-25,28-29,37H2,1-11H3. The summed E-state index contributed by atoms with van der Waals surface area (Å²) in [4.78, 5) is 5.41. The minimum atomic E-state index is 0.0536. The molecule has 0 amide bonds. The molecule has 2 nitrogen and oxygen atoms in total. The molecular weight excluding hydrogens is 796 g/mol. The van der Waals surface area contributed by atoms with Gasteiger partial charge in [0.15, 0.2) is 0 Å². The van der Waals surface area contributed by atoms with Crippen LogP contribution in [0.4, 0.5) is 34.1 Å². The van der Waals surface area contributed by atoms with Gasteiger partial charge in [0.1, 0.15) is 0 Å². The molecule has 0 radical (unpaired) electrons. The maximum absolute atomic E-state index is 2.73. The first-order valence-electron chi connectivity index (χ1n) is 24.9. The van der Waals surface area contributed by atoms with Crippen LogP contribution in [0.3, 0.4) is 0 Å². The van der Waals surface area contributed by atoms with Gasteiger partial charge in [-0.3, -0.25) is 0 Å². The van der Waals surface area contributed by atoms with Gasteiger partial charge >= 0.3 is 0 Å². The predicted octanol–water partition coefficient (Wildman–Crippen LogP) is 15.2. The molecule has 1 saturated carbocycles. The summed E-state index contributed by atoms with van der Waals surface area (Å²) < 4.78 is 0. The minimum Gasteiger partial charge on any atom is -0.311 e. The number of hydrogen-bond donors (Lipinski definition) is 0. The third-order valence-electron chi connectivity index (χ3n) is 16.9. The van der Waals surface area contributed by atoms with E-state index in [2.05, 4.69) is 213 Å². The lowest BCUT2D eigenvalue weighted by molar-refractivity contribution is 0.332. The van der Waals surface area contributed by atoms with Crippen LogP contribution in [0.1, 0.15) is 138 Å². The van der Waals surface area contributed by atoms with Crippen LogP contribution in [0, 0.1) is 20.8 Å². The van der Waals surface area contributed by atoms with E-state index in [1.54, 1.807) is 0 Å². The van der Waals surface area contributed by atoms with Crippen LogP contribution in [-0.4, -0.2) is 6.71 Å². The first kappa shape index (κ1) is 41.6. The van der Waals surface area contributed by atoms with E-state index in [1.165, 1.54) is 143 Å². The van der Waals surface area contributed by atoms with Gasteiger partial charge in [0.05, 0.1) is 5.69 Å². The zero-order valence-electron chi connectivity index (χ0n) is 41.2. The molecule has 330 valence electrons. The summed E-state index contributed by atoms with van der Waals surface area (Å²) in [6, 6.07) is 50.2. The van der Waals surface area contributed by atoms with Crippen LogP contribution < -0.4 is 26.2 Å². The normalized spacial score (nSPS) is 18.9. The Hall–Kier alpha value is -5.80. The topological polar surface area (TPSA) is 6.48 Å². The molecule has 0 saturated heterocycles. The van der Waals surface area contributed by atoms with Crippen molar-refractivity contribution in [2.75, 3.05) is 9.80 Å². The molecule has 7 aromatic rings. The van der Waals surface area contributed by atoms with Gasteiger partial charge in [-0.15, -0.1) is 0 Å². The third kappa shape index (κ3) is 6.13. The van der Waals surface area contributed by atoms with Gasteiger partial charge in [-0.05, 0) is 201 Å². The highest BCUT2D eigenvalue weighted by molar-refractivity contribution is 7.00. The maximum atomic E-state index is 2.73. The zero-order valence-corrected chi connectivity index (χ0v) is 41.2. The Kier molecular flexibility index (Phi) is 8.90. The van der Waals surface area contributed by atoms with Crippen LogP contribution in [0.2, 0.25) is 0 Å². The fraction of sp³-hybridized carbons (Fsp3) is 0.333. The van der Waals surface area contributed by atoms with Crippen LogP contribution in [-0.2, 0) is 21.7 Å². The van der Waals surface area contributed by atoms with Gasteiger partial charge in [-0.2, -0.15) is 0 Å². The highest BCUT2D eigenvalue weighted by Crippen LogP contribution is 2.56. The fourth-order valence-electron chi connectivity index (χ4n) is 13.6. The number of anilines is 6. The van der Waals surface area contributed by atoms with Crippen molar-refractivity contribution in [2.24, 2.45) is 0 Å². The SMILES string of the molecule is Cc1cc2c3c(c1)N(c1cccc(C)c1-c1ccccc1C1CC1)c1cc4c(cc1B3c1cc3c(cc1N2c1ccc(-c2ccccc2)cc1C)C(C)(C)CC3(C)C)C(C)(C)CCC4(C)C. The molecule has 12 rings (SSSR count). The van der Waals surface area contributed by atoms with Crippen LogP contribution in [0.15, 0.2) is 127 Å². The monoisotopic (exact) mass is 861 g/mol. The molecule has 2 aliphatic heterocycles. The molecule has 0 atom stereocenters. The minimum absolute atomic E-state index is 0.0536. The lowest BCUT2D eigenvalue weighted by atomic mass is 9.32. The van der Waals surface area contributed by atoms with Crippen molar-refractivity contribution in [3.05, 3.63) is 172 Å². The van der Waals surface area contributed by atoms with E-state index < -0.39 is 0 Å². The number of hydrogen-bond acceptors (Lipinski definition) is 2. The first-order valence-corrected chi connectivity index (χ1v) is 24.9. The Balaban J connectivity index is 1.21. The molecule has 66 heavy (non-hydrogen) atoms. The Morgan fingerprint density at radius 1 is 0.455 bits per heavy atom. The number of aryl methyl sites for hydroxylation is 3. The second-order valence-electron chi connectivity index (χ2n) is 23.6. The molecular formula is C63H65BN2. The summed E-state index contributed by atoms with van der Waals surface area (Å²) in [5.41, 5.74) is 29.0. The molecule has 0 aromatic heterocycles. The Labute approximate surface area is 395 Å². The van der Waals surface area contributed by atoms with Crippen LogP contribution >= 0.6 is 0 Å². The van der Waals surface area contributed by atoms with E-state index in [4.69, 9.17) is 0 Å². The highest BCUT2D eigenvalue weighted by atomic mass is 15.2. The Morgan fingerprint density at radius 2 is 1.02 bits per heavy atom. The summed E-state index contributed by atoms with van der Waals surface area (Å²) >= 11 is 0. The zero-order chi connectivity index (χ0) is 45.8. The van der Waals surface area contributed by atoms with Crippen molar-refractivity contribution in [2.45, 2.75) is 136 Å². The van der Waals surface area contributed by atoms with Gasteiger partial charge in [-0.1, -0.05) is 140 Å². The fourth-order valence-corrected chi connectivity index (χ4v) is 13.6. The average Bonchev–Trinajstić information content (AvgIpc) is 4.11. The highest BCUT2D eigenvalue weighted by Gasteiger charge is 2.50. The smallest absolute Gasteiger partial charge is 0.252 e. The summed E-state index contributed by atoms with van der Waals surface area (Å²) in [7, 11) is 0. The second kappa shape index (κ2) is 14.1. The van der Waals surface area contributed by atoms with Crippen molar-refractivity contribution in [1.82, 2.24) is 0 Å². The Morgan fingerprint density at radius 3 is 1.64 bits per heavy atom. The second-order valence-corrected chi connectivity index (χ2v) is 23.6. The van der Waals surface area contributed by atoms with Crippen molar-refractivity contribution < 1.29 is 0 Å². The lowest BCUT2D eigenvalue weighted by Gasteiger charge is -2.48. The van der Waals surface area contributed by atoms with Crippen molar-refractivity contribution in [1.29, 1.82) is 0 Å². The third-order valence-corrected chi connectivity index (χ3v) is 16.9. The van der Waals surface area contributed by atoms with Gasteiger partial charge in [0.2, 0.25) is 0 Å². The van der Waals surface area contributed by atoms with E-state index >= 15 is 0 Å². The summed E-state index contributed by atoms with van der Waals surface area (Å²) in [5.74, 6) is 0.631. The number of benzene rings is 7. The molecule has 5 aliphatic rings.